The molecule has 0 atom stereocenters. The van der Waals surface area contributed by atoms with Crippen LogP contribution in [0, 0.1) is 27.7 Å². The van der Waals surface area contributed by atoms with Crippen molar-refractivity contribution in [2.75, 3.05) is 0 Å². The van der Waals surface area contributed by atoms with Crippen LogP contribution in [-0.2, 0) is 0 Å². The maximum absolute atomic E-state index is 3.94. The van der Waals surface area contributed by atoms with E-state index in [1.807, 2.05) is 0 Å². The van der Waals surface area contributed by atoms with Gasteiger partial charge in [-0.05, 0) is 44.4 Å². The lowest BCUT2D eigenvalue weighted by atomic mass is 10.0. The van der Waals surface area contributed by atoms with Gasteiger partial charge in [-0.15, -0.1) is 0 Å². The van der Waals surface area contributed by atoms with Gasteiger partial charge in [-0.2, -0.15) is 0 Å². The molecule has 1 rings (SSSR count). The van der Waals surface area contributed by atoms with Gasteiger partial charge in [0, 0.05) is 0 Å². The van der Waals surface area contributed by atoms with Gasteiger partial charge in [0.05, 0.1) is 0 Å². The van der Waals surface area contributed by atoms with Crippen molar-refractivity contribution in [1.82, 2.24) is 0 Å². The van der Waals surface area contributed by atoms with Gasteiger partial charge >= 0.3 is 0 Å². The number of rotatable bonds is 0. The van der Waals surface area contributed by atoms with E-state index in [9.17, 15) is 0 Å². The molecule has 0 saturated heterocycles. The van der Waals surface area contributed by atoms with Crippen LogP contribution in [0.2, 0.25) is 0 Å². The van der Waals surface area contributed by atoms with Gasteiger partial charge in [0.25, 0.3) is 0 Å². The van der Waals surface area contributed by atoms with Crippen molar-refractivity contribution in [3.05, 3.63) is 41.3 Å². The third-order valence-corrected chi connectivity index (χ3v) is 1.92. The summed E-state index contributed by atoms with van der Waals surface area (Å²) in [6.07, 6.45) is 0. The van der Waals surface area contributed by atoms with E-state index >= 15 is 0 Å². The smallest absolute Gasteiger partial charge is 0.0235 e. The first-order chi connectivity index (χ1) is 4.61. The molecule has 0 nitrogen and oxygen atoms in total. The van der Waals surface area contributed by atoms with Crippen LogP contribution in [0.3, 0.4) is 0 Å². The molecule has 0 bridgehead atoms. The normalized spacial score (nSPS) is 10.0. The molecule has 0 saturated carbocycles. The van der Waals surface area contributed by atoms with Crippen LogP contribution in [0.4, 0.5) is 0 Å². The molecule has 0 heterocycles. The fourth-order valence-electron chi connectivity index (χ4n) is 1.13. The van der Waals surface area contributed by atoms with Crippen LogP contribution in [0.15, 0.2) is 12.1 Å². The van der Waals surface area contributed by atoms with Gasteiger partial charge in [-0.3, -0.25) is 0 Å². The summed E-state index contributed by atoms with van der Waals surface area (Å²) >= 11 is 0. The van der Waals surface area contributed by atoms with E-state index in [1.54, 1.807) is 0 Å². The summed E-state index contributed by atoms with van der Waals surface area (Å²) in [6.45, 7) is 10.3. The fourth-order valence-corrected chi connectivity index (χ4v) is 1.13. The van der Waals surface area contributed by atoms with Crippen LogP contribution in [0.5, 0.6) is 0 Å². The molecule has 0 amide bonds. The average Bonchev–Trinajstić information content (AvgIpc) is 1.82. The molecule has 1 aromatic carbocycles. The molecular formula is C10H13. The van der Waals surface area contributed by atoms with E-state index in [2.05, 4.69) is 39.8 Å². The summed E-state index contributed by atoms with van der Waals surface area (Å²) in [4.78, 5) is 0. The molecule has 1 aromatic rings. The van der Waals surface area contributed by atoms with E-state index in [1.165, 1.54) is 16.7 Å². The average molecular weight is 133 g/mol. The van der Waals surface area contributed by atoms with E-state index in [0.717, 1.165) is 5.56 Å². The Kier molecular flexibility index (Phi) is 1.80. The molecule has 0 unspecified atom stereocenters. The van der Waals surface area contributed by atoms with Gasteiger partial charge in [0.15, 0.2) is 0 Å². The molecule has 0 aliphatic rings. The second-order valence-corrected chi connectivity index (χ2v) is 2.87. The molecule has 1 radical (unpaired) electrons. The third-order valence-electron chi connectivity index (χ3n) is 1.92. The SMILES string of the molecule is [CH2]c1cc(C)cc(C)c1C. The Morgan fingerprint density at radius 3 is 2.20 bits per heavy atom. The van der Waals surface area contributed by atoms with Crippen molar-refractivity contribution in [3.63, 3.8) is 0 Å². The Bertz CT molecular complexity index is 223. The quantitative estimate of drug-likeness (QED) is 0.510. The summed E-state index contributed by atoms with van der Waals surface area (Å²) < 4.78 is 0. The molecular weight excluding hydrogens is 120 g/mol. The lowest BCUT2D eigenvalue weighted by Crippen LogP contribution is -1.86. The second kappa shape index (κ2) is 2.45. The third kappa shape index (κ3) is 1.21. The highest BCUT2D eigenvalue weighted by atomic mass is 14.0. The zero-order valence-electron chi connectivity index (χ0n) is 6.86. The van der Waals surface area contributed by atoms with E-state index < -0.39 is 0 Å². The molecule has 0 aliphatic carbocycles. The highest BCUT2D eigenvalue weighted by molar-refractivity contribution is 5.38. The van der Waals surface area contributed by atoms with Crippen molar-refractivity contribution >= 4 is 0 Å². The number of benzene rings is 1. The van der Waals surface area contributed by atoms with Crippen molar-refractivity contribution in [1.29, 1.82) is 0 Å². The zero-order chi connectivity index (χ0) is 7.72. The summed E-state index contributed by atoms with van der Waals surface area (Å²) in [5.41, 5.74) is 5.10. The predicted molar refractivity (Wildman–Crippen MR) is 45.1 cm³/mol. The largest absolute Gasteiger partial charge is 0.0561 e. The summed E-state index contributed by atoms with van der Waals surface area (Å²) in [7, 11) is 0. The summed E-state index contributed by atoms with van der Waals surface area (Å²) in [5, 5.41) is 0. The lowest BCUT2D eigenvalue weighted by Gasteiger charge is -2.04. The first-order valence-electron chi connectivity index (χ1n) is 3.51. The van der Waals surface area contributed by atoms with E-state index in [0.29, 0.717) is 0 Å². The highest BCUT2D eigenvalue weighted by Gasteiger charge is 1.96. The Morgan fingerprint density at radius 2 is 1.70 bits per heavy atom. The van der Waals surface area contributed by atoms with Crippen LogP contribution in [0.1, 0.15) is 22.3 Å². The van der Waals surface area contributed by atoms with Crippen LogP contribution in [0.25, 0.3) is 0 Å². The number of hydrogen-bond donors (Lipinski definition) is 0. The molecule has 0 aliphatic heterocycles. The van der Waals surface area contributed by atoms with Crippen molar-refractivity contribution in [2.45, 2.75) is 20.8 Å². The van der Waals surface area contributed by atoms with Crippen LogP contribution in [-0.4, -0.2) is 0 Å². The van der Waals surface area contributed by atoms with Crippen molar-refractivity contribution in [2.24, 2.45) is 0 Å². The van der Waals surface area contributed by atoms with Gasteiger partial charge in [-0.25, -0.2) is 0 Å². The zero-order valence-corrected chi connectivity index (χ0v) is 6.86. The lowest BCUT2D eigenvalue weighted by molar-refractivity contribution is 1.27. The van der Waals surface area contributed by atoms with Crippen LogP contribution >= 0.6 is 0 Å². The fraction of sp³-hybridized carbons (Fsp3) is 0.300. The minimum atomic E-state index is 1.15. The standard InChI is InChI=1S/C10H13/c1-7-5-8(2)10(4)9(3)6-7/h5-6H,2H2,1,3-4H3. The predicted octanol–water partition coefficient (Wildman–Crippen LogP) is 2.79. The minimum Gasteiger partial charge on any atom is -0.0561 e. The molecule has 0 N–H and O–H groups in total. The van der Waals surface area contributed by atoms with Crippen LogP contribution < -0.4 is 0 Å². The van der Waals surface area contributed by atoms with Gasteiger partial charge < -0.3 is 0 Å². The summed E-state index contributed by atoms with van der Waals surface area (Å²) in [5.74, 6) is 0. The second-order valence-electron chi connectivity index (χ2n) is 2.87. The monoisotopic (exact) mass is 133 g/mol. The molecule has 10 heavy (non-hydrogen) atoms. The molecule has 53 valence electrons. The molecule has 0 aromatic heterocycles. The van der Waals surface area contributed by atoms with Gasteiger partial charge in [0.1, 0.15) is 0 Å². The Morgan fingerprint density at radius 1 is 1.10 bits per heavy atom. The van der Waals surface area contributed by atoms with Gasteiger partial charge in [0.2, 0.25) is 0 Å². The van der Waals surface area contributed by atoms with Crippen molar-refractivity contribution < 1.29 is 0 Å². The Hall–Kier alpha value is -0.780. The Balaban J connectivity index is 3.31. The first-order valence-corrected chi connectivity index (χ1v) is 3.51. The Labute approximate surface area is 62.9 Å². The minimum absolute atomic E-state index is 1.15. The highest BCUT2D eigenvalue weighted by Crippen LogP contribution is 2.13. The molecule has 0 spiro atoms. The van der Waals surface area contributed by atoms with Crippen molar-refractivity contribution in [3.8, 4) is 0 Å². The van der Waals surface area contributed by atoms with E-state index in [4.69, 9.17) is 0 Å². The number of aryl methyl sites for hydroxylation is 2. The molecule has 0 heteroatoms. The topological polar surface area (TPSA) is 0 Å². The first kappa shape index (κ1) is 7.33. The van der Waals surface area contributed by atoms with Gasteiger partial charge in [-0.1, -0.05) is 17.7 Å². The summed E-state index contributed by atoms with van der Waals surface area (Å²) in [6, 6.07) is 4.30. The molecule has 0 fully saturated rings. The van der Waals surface area contributed by atoms with E-state index in [-0.39, 0.29) is 0 Å². The number of hydrogen-bond acceptors (Lipinski definition) is 0. The maximum atomic E-state index is 3.94. The maximum Gasteiger partial charge on any atom is -0.0235 e.